The number of nitrogens with one attached hydrogen (secondary N) is 2. The van der Waals surface area contributed by atoms with Crippen LogP contribution in [0.1, 0.15) is 24.8 Å². The van der Waals surface area contributed by atoms with Crippen molar-refractivity contribution >= 4 is 34.2 Å². The van der Waals surface area contributed by atoms with E-state index in [9.17, 15) is 9.18 Å². The van der Waals surface area contributed by atoms with E-state index in [1.165, 1.54) is 6.07 Å². The zero-order valence-corrected chi connectivity index (χ0v) is 13.5. The van der Waals surface area contributed by atoms with E-state index in [-0.39, 0.29) is 30.2 Å². The van der Waals surface area contributed by atoms with Crippen molar-refractivity contribution in [2.75, 3.05) is 13.1 Å². The largest absolute Gasteiger partial charge is 0.355 e. The van der Waals surface area contributed by atoms with Crippen LogP contribution < -0.4 is 10.6 Å². The van der Waals surface area contributed by atoms with Crippen LogP contribution in [-0.4, -0.2) is 25.0 Å². The second-order valence-electron chi connectivity index (χ2n) is 4.78. The Kier molecular flexibility index (Phi) is 7.48. The summed E-state index contributed by atoms with van der Waals surface area (Å²) in [6, 6.07) is 5.04. The van der Waals surface area contributed by atoms with Gasteiger partial charge in [0.2, 0.25) is 5.91 Å². The second kappa shape index (κ2) is 8.60. The molecule has 6 heteroatoms. The highest BCUT2D eigenvalue weighted by Crippen LogP contribution is 2.16. The molecule has 0 aromatic heterocycles. The van der Waals surface area contributed by atoms with Crippen molar-refractivity contribution in [1.82, 2.24) is 10.6 Å². The Hall–Kier alpha value is -0.650. The molecule has 112 valence electrons. The highest BCUT2D eigenvalue weighted by molar-refractivity contribution is 9.10. The van der Waals surface area contributed by atoms with E-state index >= 15 is 0 Å². The Balaban J connectivity index is 0.00000200. The van der Waals surface area contributed by atoms with E-state index in [1.54, 1.807) is 6.07 Å². The molecular weight excluding hydrogens is 347 g/mol. The predicted molar refractivity (Wildman–Crippen MR) is 83.7 cm³/mol. The molecule has 1 aliphatic heterocycles. The fourth-order valence-corrected chi connectivity index (χ4v) is 2.58. The fourth-order valence-electron chi connectivity index (χ4n) is 2.25. The summed E-state index contributed by atoms with van der Waals surface area (Å²) in [5.41, 5.74) is 0.691. The molecule has 0 bridgehead atoms. The summed E-state index contributed by atoms with van der Waals surface area (Å²) in [5, 5.41) is 6.05. The summed E-state index contributed by atoms with van der Waals surface area (Å²) in [6.45, 7) is 1.51. The number of benzene rings is 1. The summed E-state index contributed by atoms with van der Waals surface area (Å²) in [4.78, 5) is 11.7. The maximum absolute atomic E-state index is 13.6. The molecule has 3 nitrogen and oxygen atoms in total. The normalized spacial score (nSPS) is 17.6. The highest BCUT2D eigenvalue weighted by atomic mass is 79.9. The minimum absolute atomic E-state index is 0. The Bertz CT molecular complexity index is 453. The molecule has 1 unspecified atom stereocenters. The highest BCUT2D eigenvalue weighted by Gasteiger charge is 2.21. The number of carbonyl (C=O) groups is 1. The zero-order chi connectivity index (χ0) is 13.7. The Morgan fingerprint density at radius 2 is 2.30 bits per heavy atom. The van der Waals surface area contributed by atoms with Gasteiger partial charge in [0.05, 0.1) is 6.04 Å². The van der Waals surface area contributed by atoms with Crippen LogP contribution in [-0.2, 0) is 11.2 Å². The molecule has 0 saturated carbocycles. The number of carbonyl (C=O) groups excluding carboxylic acids is 1. The minimum Gasteiger partial charge on any atom is -0.355 e. The predicted octanol–water partition coefficient (Wildman–Crippen LogP) is 2.81. The molecule has 1 aromatic carbocycles. The summed E-state index contributed by atoms with van der Waals surface area (Å²) >= 11 is 3.23. The van der Waals surface area contributed by atoms with Gasteiger partial charge in [-0.2, -0.15) is 0 Å². The molecule has 1 aromatic rings. The lowest BCUT2D eigenvalue weighted by molar-refractivity contribution is -0.122. The molecule has 2 N–H and O–H groups in total. The van der Waals surface area contributed by atoms with Crippen LogP contribution >= 0.6 is 28.3 Å². The third kappa shape index (κ3) is 5.04. The number of amides is 1. The summed E-state index contributed by atoms with van der Waals surface area (Å²) in [6.07, 6.45) is 3.35. The van der Waals surface area contributed by atoms with Crippen LogP contribution in [0.25, 0.3) is 0 Å². The van der Waals surface area contributed by atoms with Gasteiger partial charge >= 0.3 is 0 Å². The van der Waals surface area contributed by atoms with Gasteiger partial charge in [-0.3, -0.25) is 4.79 Å². The number of halogens is 3. The van der Waals surface area contributed by atoms with E-state index in [4.69, 9.17) is 0 Å². The van der Waals surface area contributed by atoms with E-state index < -0.39 is 0 Å². The quantitative estimate of drug-likeness (QED) is 0.788. The molecule has 1 amide bonds. The number of hydrogen-bond acceptors (Lipinski definition) is 2. The van der Waals surface area contributed by atoms with Gasteiger partial charge in [0.1, 0.15) is 5.82 Å². The van der Waals surface area contributed by atoms with E-state index in [0.717, 1.165) is 30.3 Å². The summed E-state index contributed by atoms with van der Waals surface area (Å²) in [5.74, 6) is -0.132. The first kappa shape index (κ1) is 17.4. The van der Waals surface area contributed by atoms with Gasteiger partial charge in [-0.1, -0.05) is 22.0 Å². The van der Waals surface area contributed by atoms with Crippen LogP contribution in [0.3, 0.4) is 0 Å². The van der Waals surface area contributed by atoms with Crippen molar-refractivity contribution < 1.29 is 9.18 Å². The minimum atomic E-state index is -0.196. The number of hydrogen-bond donors (Lipinski definition) is 2. The summed E-state index contributed by atoms with van der Waals surface area (Å²) < 4.78 is 14.3. The fraction of sp³-hybridized carbons (Fsp3) is 0.500. The third-order valence-corrected chi connectivity index (χ3v) is 3.81. The Labute approximate surface area is 133 Å². The molecule has 20 heavy (non-hydrogen) atoms. The monoisotopic (exact) mass is 364 g/mol. The molecule has 0 aliphatic carbocycles. The van der Waals surface area contributed by atoms with Gasteiger partial charge in [0.15, 0.2) is 0 Å². The smallest absolute Gasteiger partial charge is 0.237 e. The van der Waals surface area contributed by atoms with Crippen LogP contribution in [0.5, 0.6) is 0 Å². The van der Waals surface area contributed by atoms with Crippen LogP contribution in [0.15, 0.2) is 22.7 Å². The third-order valence-electron chi connectivity index (χ3n) is 3.31. The maximum Gasteiger partial charge on any atom is 0.237 e. The van der Waals surface area contributed by atoms with Gasteiger partial charge in [0, 0.05) is 11.0 Å². The van der Waals surface area contributed by atoms with Crippen molar-refractivity contribution in [3.63, 3.8) is 0 Å². The molecule has 1 atom stereocenters. The van der Waals surface area contributed by atoms with Crippen molar-refractivity contribution in [1.29, 1.82) is 0 Å². The van der Waals surface area contributed by atoms with Crippen LogP contribution in [0.2, 0.25) is 0 Å². The first-order valence-electron chi connectivity index (χ1n) is 6.62. The van der Waals surface area contributed by atoms with Crippen molar-refractivity contribution in [2.45, 2.75) is 31.7 Å². The molecule has 0 radical (unpaired) electrons. The van der Waals surface area contributed by atoms with Crippen LogP contribution in [0, 0.1) is 5.82 Å². The van der Waals surface area contributed by atoms with Gasteiger partial charge in [0.25, 0.3) is 0 Å². The molecular formula is C14H19BrClFN2O. The molecule has 1 aliphatic rings. The van der Waals surface area contributed by atoms with Gasteiger partial charge in [-0.15, -0.1) is 12.4 Å². The van der Waals surface area contributed by atoms with E-state index in [1.807, 2.05) is 6.07 Å². The molecule has 1 fully saturated rings. The van der Waals surface area contributed by atoms with Gasteiger partial charge in [-0.05, 0) is 49.9 Å². The Morgan fingerprint density at radius 1 is 1.50 bits per heavy atom. The first-order valence-corrected chi connectivity index (χ1v) is 7.41. The van der Waals surface area contributed by atoms with Crippen molar-refractivity contribution in [2.24, 2.45) is 0 Å². The average Bonchev–Trinajstić information content (AvgIpc) is 2.90. The lowest BCUT2D eigenvalue weighted by Crippen LogP contribution is -2.40. The van der Waals surface area contributed by atoms with Crippen LogP contribution in [0.4, 0.5) is 4.39 Å². The molecule has 1 saturated heterocycles. The Morgan fingerprint density at radius 3 is 2.95 bits per heavy atom. The SMILES string of the molecule is Cl.O=C(NCCCc1ccc(Br)cc1F)C1CCCN1. The average molecular weight is 366 g/mol. The molecule has 2 rings (SSSR count). The zero-order valence-electron chi connectivity index (χ0n) is 11.1. The lowest BCUT2D eigenvalue weighted by atomic mass is 10.1. The summed E-state index contributed by atoms with van der Waals surface area (Å²) in [7, 11) is 0. The molecule has 1 heterocycles. The van der Waals surface area contributed by atoms with Gasteiger partial charge in [-0.25, -0.2) is 4.39 Å². The van der Waals surface area contributed by atoms with E-state index in [2.05, 4.69) is 26.6 Å². The van der Waals surface area contributed by atoms with E-state index in [0.29, 0.717) is 18.5 Å². The van der Waals surface area contributed by atoms with Crippen molar-refractivity contribution in [3.05, 3.63) is 34.1 Å². The standard InChI is InChI=1S/C14H18BrFN2O.ClH/c15-11-6-5-10(12(16)9-11)3-1-8-18-14(19)13-4-2-7-17-13;/h5-6,9,13,17H,1-4,7-8H2,(H,18,19);1H. The van der Waals surface area contributed by atoms with Crippen molar-refractivity contribution in [3.8, 4) is 0 Å². The van der Waals surface area contributed by atoms with Gasteiger partial charge < -0.3 is 10.6 Å². The first-order chi connectivity index (χ1) is 9.16. The lowest BCUT2D eigenvalue weighted by Gasteiger charge is -2.11. The second-order valence-corrected chi connectivity index (χ2v) is 5.69. The number of aryl methyl sites for hydroxylation is 1. The number of rotatable bonds is 5. The molecule has 0 spiro atoms. The topological polar surface area (TPSA) is 41.1 Å². The maximum atomic E-state index is 13.6.